The topological polar surface area (TPSA) is 81.5 Å². The van der Waals surface area contributed by atoms with Crippen LogP contribution in [0.4, 0.5) is 15.8 Å². The number of halogens is 2. The average molecular weight is 353 g/mol. The van der Waals surface area contributed by atoms with Crippen molar-refractivity contribution < 1.29 is 18.8 Å². The first-order valence-electron chi connectivity index (χ1n) is 6.95. The Morgan fingerprint density at radius 2 is 2.04 bits per heavy atom. The van der Waals surface area contributed by atoms with Gasteiger partial charge in [-0.2, -0.15) is 0 Å². The van der Waals surface area contributed by atoms with Crippen LogP contribution < -0.4 is 10.1 Å². The van der Waals surface area contributed by atoms with Gasteiger partial charge in [0.05, 0.1) is 9.95 Å². The van der Waals surface area contributed by atoms with E-state index in [1.54, 1.807) is 6.92 Å². The summed E-state index contributed by atoms with van der Waals surface area (Å²) in [5.74, 6) is -0.716. The highest BCUT2D eigenvalue weighted by atomic mass is 35.5. The largest absolute Gasteiger partial charge is 0.481 e. The molecule has 0 saturated carbocycles. The monoisotopic (exact) mass is 352 g/mol. The maximum absolute atomic E-state index is 13.1. The molecule has 0 saturated heterocycles. The first-order chi connectivity index (χ1) is 11.3. The zero-order valence-electron chi connectivity index (χ0n) is 12.9. The molecule has 0 unspecified atom stereocenters. The first-order valence-corrected chi connectivity index (χ1v) is 7.33. The third kappa shape index (κ3) is 4.20. The number of anilines is 1. The molecule has 0 aromatic heterocycles. The normalized spacial score (nSPS) is 11.7. The molecule has 2 aromatic rings. The molecular weight excluding hydrogens is 339 g/mol. The Balaban J connectivity index is 2.04. The van der Waals surface area contributed by atoms with Crippen LogP contribution >= 0.6 is 11.6 Å². The number of nitrogens with zero attached hydrogens (tertiary/aromatic N) is 1. The highest BCUT2D eigenvalue weighted by Crippen LogP contribution is 2.24. The highest BCUT2D eigenvalue weighted by molar-refractivity contribution is 6.31. The second-order valence-corrected chi connectivity index (χ2v) is 5.49. The van der Waals surface area contributed by atoms with Crippen LogP contribution in [0.15, 0.2) is 36.4 Å². The molecule has 0 fully saturated rings. The van der Waals surface area contributed by atoms with Gasteiger partial charge in [0.2, 0.25) is 0 Å². The summed E-state index contributed by atoms with van der Waals surface area (Å²) in [5, 5.41) is 13.2. The van der Waals surface area contributed by atoms with Crippen molar-refractivity contribution in [1.29, 1.82) is 0 Å². The summed E-state index contributed by atoms with van der Waals surface area (Å²) in [6.45, 7) is 3.10. The van der Waals surface area contributed by atoms with Crippen molar-refractivity contribution in [2.75, 3.05) is 5.32 Å². The fourth-order valence-electron chi connectivity index (χ4n) is 1.98. The minimum atomic E-state index is -0.866. The van der Waals surface area contributed by atoms with Gasteiger partial charge < -0.3 is 10.1 Å². The summed E-state index contributed by atoms with van der Waals surface area (Å²) in [6.07, 6.45) is -0.866. The van der Waals surface area contributed by atoms with Crippen LogP contribution in [-0.2, 0) is 4.79 Å². The lowest BCUT2D eigenvalue weighted by atomic mass is 10.2. The van der Waals surface area contributed by atoms with Crippen molar-refractivity contribution in [3.63, 3.8) is 0 Å². The lowest BCUT2D eigenvalue weighted by Crippen LogP contribution is -2.30. The molecule has 8 heteroatoms. The van der Waals surface area contributed by atoms with Crippen LogP contribution in [0.5, 0.6) is 5.75 Å². The molecule has 0 aliphatic rings. The van der Waals surface area contributed by atoms with Crippen LogP contribution in [0.1, 0.15) is 12.5 Å². The van der Waals surface area contributed by atoms with E-state index in [-0.39, 0.29) is 10.7 Å². The van der Waals surface area contributed by atoms with Crippen molar-refractivity contribution in [3.05, 3.63) is 62.9 Å². The molecule has 2 rings (SSSR count). The molecule has 1 amide bonds. The standard InChI is InChI=1S/C16H14ClFN2O4/c1-9-7-12(4-6-15(9)20(22)23)24-10(2)16(21)19-11-3-5-14(18)13(17)8-11/h3-8,10H,1-2H3,(H,19,21)/t10-/m0/s1. The van der Waals surface area contributed by atoms with Crippen LogP contribution in [0, 0.1) is 22.9 Å². The Bertz CT molecular complexity index is 798. The Kier molecular flexibility index (Phi) is 5.35. The van der Waals surface area contributed by atoms with E-state index >= 15 is 0 Å². The van der Waals surface area contributed by atoms with Gasteiger partial charge in [-0.1, -0.05) is 11.6 Å². The smallest absolute Gasteiger partial charge is 0.272 e. The second-order valence-electron chi connectivity index (χ2n) is 5.08. The van der Waals surface area contributed by atoms with Gasteiger partial charge in [-0.25, -0.2) is 4.39 Å². The first kappa shape index (κ1) is 17.7. The fraction of sp³-hybridized carbons (Fsp3) is 0.188. The zero-order chi connectivity index (χ0) is 17.9. The average Bonchev–Trinajstić information content (AvgIpc) is 2.50. The third-order valence-corrected chi connectivity index (χ3v) is 3.52. The van der Waals surface area contributed by atoms with Gasteiger partial charge in [0.1, 0.15) is 11.6 Å². The van der Waals surface area contributed by atoms with Gasteiger partial charge in [0.25, 0.3) is 11.6 Å². The summed E-state index contributed by atoms with van der Waals surface area (Å²) >= 11 is 5.65. The van der Waals surface area contributed by atoms with Crippen molar-refractivity contribution in [3.8, 4) is 5.75 Å². The van der Waals surface area contributed by atoms with E-state index in [0.717, 1.165) is 6.07 Å². The predicted octanol–water partition coefficient (Wildman–Crippen LogP) is 4.10. The number of nitro benzene ring substituents is 1. The molecule has 0 heterocycles. The molecule has 0 aliphatic heterocycles. The number of amides is 1. The van der Waals surface area contributed by atoms with Crippen molar-refractivity contribution in [1.82, 2.24) is 0 Å². The van der Waals surface area contributed by atoms with E-state index in [1.807, 2.05) is 0 Å². The number of ether oxygens (including phenoxy) is 1. The molecule has 6 nitrogen and oxygen atoms in total. The summed E-state index contributed by atoms with van der Waals surface area (Å²) in [6, 6.07) is 8.03. The molecule has 1 N–H and O–H groups in total. The molecule has 126 valence electrons. The van der Waals surface area contributed by atoms with Gasteiger partial charge >= 0.3 is 0 Å². The van der Waals surface area contributed by atoms with E-state index in [1.165, 1.54) is 37.3 Å². The number of carbonyl (C=O) groups is 1. The summed E-state index contributed by atoms with van der Waals surface area (Å²) in [7, 11) is 0. The molecule has 0 bridgehead atoms. The van der Waals surface area contributed by atoms with Crippen molar-refractivity contribution in [2.45, 2.75) is 20.0 Å². The molecular formula is C16H14ClFN2O4. The second kappa shape index (κ2) is 7.27. The Labute approximate surface area is 142 Å². The minimum absolute atomic E-state index is 0.0274. The molecule has 1 atom stereocenters. The van der Waals surface area contributed by atoms with Gasteiger partial charge in [0.15, 0.2) is 6.10 Å². The fourth-order valence-corrected chi connectivity index (χ4v) is 2.16. The highest BCUT2D eigenvalue weighted by Gasteiger charge is 2.17. The number of aryl methyl sites for hydroxylation is 1. The molecule has 0 radical (unpaired) electrons. The number of carbonyl (C=O) groups excluding carboxylic acids is 1. The quantitative estimate of drug-likeness (QED) is 0.648. The Morgan fingerprint density at radius 3 is 2.62 bits per heavy atom. The van der Waals surface area contributed by atoms with Crippen LogP contribution in [0.2, 0.25) is 5.02 Å². The lowest BCUT2D eigenvalue weighted by molar-refractivity contribution is -0.385. The van der Waals surface area contributed by atoms with Gasteiger partial charge in [-0.3, -0.25) is 14.9 Å². The van der Waals surface area contributed by atoms with Crippen molar-refractivity contribution in [2.24, 2.45) is 0 Å². The molecule has 0 spiro atoms. The van der Waals surface area contributed by atoms with E-state index in [0.29, 0.717) is 17.0 Å². The number of nitro groups is 1. The number of nitrogens with one attached hydrogen (secondary N) is 1. The molecule has 24 heavy (non-hydrogen) atoms. The van der Waals surface area contributed by atoms with Crippen LogP contribution in [0.3, 0.4) is 0 Å². The number of hydrogen-bond donors (Lipinski definition) is 1. The minimum Gasteiger partial charge on any atom is -0.481 e. The summed E-state index contributed by atoms with van der Waals surface area (Å²) in [4.78, 5) is 22.4. The zero-order valence-corrected chi connectivity index (χ0v) is 13.6. The van der Waals surface area contributed by atoms with Crippen molar-refractivity contribution >= 4 is 28.9 Å². The van der Waals surface area contributed by atoms with Crippen LogP contribution in [0.25, 0.3) is 0 Å². The van der Waals surface area contributed by atoms with Gasteiger partial charge in [-0.15, -0.1) is 0 Å². The van der Waals surface area contributed by atoms with E-state index in [4.69, 9.17) is 16.3 Å². The lowest BCUT2D eigenvalue weighted by Gasteiger charge is -2.15. The third-order valence-electron chi connectivity index (χ3n) is 3.23. The van der Waals surface area contributed by atoms with E-state index in [9.17, 15) is 19.3 Å². The number of benzene rings is 2. The number of hydrogen-bond acceptors (Lipinski definition) is 4. The number of rotatable bonds is 5. The summed E-state index contributed by atoms with van der Waals surface area (Å²) in [5.41, 5.74) is 0.734. The molecule has 0 aliphatic carbocycles. The predicted molar refractivity (Wildman–Crippen MR) is 88.0 cm³/mol. The van der Waals surface area contributed by atoms with Crippen LogP contribution in [-0.4, -0.2) is 16.9 Å². The summed E-state index contributed by atoms with van der Waals surface area (Å²) < 4.78 is 18.6. The van der Waals surface area contributed by atoms with Gasteiger partial charge in [0, 0.05) is 17.3 Å². The maximum atomic E-state index is 13.1. The SMILES string of the molecule is Cc1cc(O[C@@H](C)C(=O)Nc2ccc(F)c(Cl)c2)ccc1[N+](=O)[O-]. The van der Waals surface area contributed by atoms with Gasteiger partial charge in [-0.05, 0) is 44.2 Å². The Hall–Kier alpha value is -2.67. The Morgan fingerprint density at radius 1 is 1.33 bits per heavy atom. The molecule has 2 aromatic carbocycles. The maximum Gasteiger partial charge on any atom is 0.272 e. The van der Waals surface area contributed by atoms with E-state index < -0.39 is 22.8 Å². The van der Waals surface area contributed by atoms with E-state index in [2.05, 4.69) is 5.32 Å².